The van der Waals surface area contributed by atoms with Crippen molar-refractivity contribution in [1.29, 1.82) is 0 Å². The number of carbonyl (C=O) groups is 1. The van der Waals surface area contributed by atoms with Crippen LogP contribution in [-0.4, -0.2) is 49.3 Å². The molecular formula is C14H21NO3. The minimum absolute atomic E-state index is 0.0775. The second-order valence-electron chi connectivity index (χ2n) is 4.61. The minimum Gasteiger partial charge on any atom is -0.389 e. The molecule has 1 unspecified atom stereocenters. The maximum atomic E-state index is 12.2. The monoisotopic (exact) mass is 251 g/mol. The minimum atomic E-state index is -0.658. The van der Waals surface area contributed by atoms with Crippen LogP contribution < -0.4 is 0 Å². The second kappa shape index (κ2) is 6.52. The van der Waals surface area contributed by atoms with Gasteiger partial charge in [0.1, 0.15) is 0 Å². The van der Waals surface area contributed by atoms with Crippen molar-refractivity contribution >= 4 is 5.91 Å². The van der Waals surface area contributed by atoms with Gasteiger partial charge in [-0.2, -0.15) is 0 Å². The van der Waals surface area contributed by atoms with E-state index in [1.807, 2.05) is 32.0 Å². The lowest BCUT2D eigenvalue weighted by Crippen LogP contribution is -2.36. The van der Waals surface area contributed by atoms with E-state index >= 15 is 0 Å². The molecule has 18 heavy (non-hydrogen) atoms. The largest absolute Gasteiger partial charge is 0.389 e. The smallest absolute Gasteiger partial charge is 0.253 e. The highest BCUT2D eigenvalue weighted by Crippen LogP contribution is 2.13. The molecule has 1 amide bonds. The van der Waals surface area contributed by atoms with Gasteiger partial charge in [-0.1, -0.05) is 17.7 Å². The lowest BCUT2D eigenvalue weighted by molar-refractivity contribution is 0.0380. The summed E-state index contributed by atoms with van der Waals surface area (Å²) < 4.78 is 4.84. The van der Waals surface area contributed by atoms with Crippen molar-refractivity contribution in [2.45, 2.75) is 20.0 Å². The Balaban J connectivity index is 2.77. The predicted molar refractivity (Wildman–Crippen MR) is 70.8 cm³/mol. The molecule has 0 aliphatic carbocycles. The first-order chi connectivity index (χ1) is 8.45. The fourth-order valence-electron chi connectivity index (χ4n) is 1.82. The zero-order valence-electron chi connectivity index (χ0n) is 11.4. The molecule has 1 aromatic rings. The molecule has 0 bridgehead atoms. The molecule has 0 spiro atoms. The number of hydrogen-bond donors (Lipinski definition) is 1. The fourth-order valence-corrected chi connectivity index (χ4v) is 1.82. The van der Waals surface area contributed by atoms with Gasteiger partial charge in [0, 0.05) is 26.3 Å². The first kappa shape index (κ1) is 14.7. The summed E-state index contributed by atoms with van der Waals surface area (Å²) in [5.41, 5.74) is 2.68. The van der Waals surface area contributed by atoms with E-state index in [4.69, 9.17) is 4.74 Å². The van der Waals surface area contributed by atoms with Crippen molar-refractivity contribution in [2.75, 3.05) is 27.3 Å². The van der Waals surface area contributed by atoms with Gasteiger partial charge in [0.2, 0.25) is 0 Å². The van der Waals surface area contributed by atoms with E-state index in [9.17, 15) is 9.90 Å². The Hall–Kier alpha value is -1.39. The molecule has 0 aromatic heterocycles. The summed E-state index contributed by atoms with van der Waals surface area (Å²) in [6, 6.07) is 5.78. The van der Waals surface area contributed by atoms with E-state index in [1.165, 1.54) is 12.0 Å². The Bertz CT molecular complexity index is 418. The van der Waals surface area contributed by atoms with Gasteiger partial charge in [0.05, 0.1) is 12.7 Å². The van der Waals surface area contributed by atoms with Crippen LogP contribution in [0.1, 0.15) is 21.5 Å². The van der Waals surface area contributed by atoms with Crippen molar-refractivity contribution in [1.82, 2.24) is 4.90 Å². The third kappa shape index (κ3) is 3.82. The third-order valence-electron chi connectivity index (χ3n) is 2.81. The van der Waals surface area contributed by atoms with Crippen molar-refractivity contribution in [3.05, 3.63) is 34.9 Å². The quantitative estimate of drug-likeness (QED) is 0.860. The zero-order chi connectivity index (χ0) is 13.7. The van der Waals surface area contributed by atoms with Crippen LogP contribution >= 0.6 is 0 Å². The third-order valence-corrected chi connectivity index (χ3v) is 2.81. The highest BCUT2D eigenvalue weighted by Gasteiger charge is 2.17. The van der Waals surface area contributed by atoms with E-state index in [0.29, 0.717) is 5.56 Å². The summed E-state index contributed by atoms with van der Waals surface area (Å²) in [4.78, 5) is 13.8. The Morgan fingerprint density at radius 3 is 2.72 bits per heavy atom. The topological polar surface area (TPSA) is 49.8 Å². The number of amides is 1. The molecule has 0 aliphatic rings. The second-order valence-corrected chi connectivity index (χ2v) is 4.61. The van der Waals surface area contributed by atoms with Gasteiger partial charge in [-0.15, -0.1) is 0 Å². The van der Waals surface area contributed by atoms with Crippen LogP contribution in [0.3, 0.4) is 0 Å². The molecule has 1 rings (SSSR count). The van der Waals surface area contributed by atoms with Crippen molar-refractivity contribution in [3.8, 4) is 0 Å². The number of likely N-dealkylation sites (N-methyl/N-ethyl adjacent to an activating group) is 1. The summed E-state index contributed by atoms with van der Waals surface area (Å²) in [6.07, 6.45) is -0.658. The maximum absolute atomic E-state index is 12.2. The van der Waals surface area contributed by atoms with Crippen LogP contribution in [0.2, 0.25) is 0 Å². The number of aryl methyl sites for hydroxylation is 2. The zero-order valence-corrected chi connectivity index (χ0v) is 11.4. The molecule has 4 heteroatoms. The molecule has 0 fully saturated rings. The van der Waals surface area contributed by atoms with Crippen LogP contribution in [-0.2, 0) is 4.74 Å². The number of aliphatic hydroxyl groups excluding tert-OH is 1. The van der Waals surface area contributed by atoms with Gasteiger partial charge in [-0.05, 0) is 25.5 Å². The van der Waals surface area contributed by atoms with E-state index < -0.39 is 6.10 Å². The molecule has 0 heterocycles. The van der Waals surface area contributed by atoms with E-state index in [-0.39, 0.29) is 19.1 Å². The van der Waals surface area contributed by atoms with Crippen LogP contribution in [0.25, 0.3) is 0 Å². The molecule has 100 valence electrons. The summed E-state index contributed by atoms with van der Waals surface area (Å²) in [5.74, 6) is -0.0775. The lowest BCUT2D eigenvalue weighted by atomic mass is 10.0. The average Bonchev–Trinajstić information content (AvgIpc) is 2.31. The lowest BCUT2D eigenvalue weighted by Gasteiger charge is -2.21. The highest BCUT2D eigenvalue weighted by molar-refractivity contribution is 5.95. The van der Waals surface area contributed by atoms with Gasteiger partial charge in [-0.25, -0.2) is 0 Å². The van der Waals surface area contributed by atoms with E-state index in [0.717, 1.165) is 11.1 Å². The van der Waals surface area contributed by atoms with Gasteiger partial charge < -0.3 is 14.7 Å². The Morgan fingerprint density at radius 1 is 1.44 bits per heavy atom. The van der Waals surface area contributed by atoms with Crippen LogP contribution in [0.4, 0.5) is 0 Å². The Kier molecular flexibility index (Phi) is 5.31. The number of nitrogens with zero attached hydrogens (tertiary/aromatic N) is 1. The van der Waals surface area contributed by atoms with Gasteiger partial charge in [0.15, 0.2) is 0 Å². The summed E-state index contributed by atoms with van der Waals surface area (Å²) >= 11 is 0. The standard InChI is InChI=1S/C14H21NO3/c1-10-5-6-11(2)13(7-10)14(17)15(3)8-12(16)9-18-4/h5-7,12,16H,8-9H2,1-4H3. The molecule has 0 saturated heterocycles. The van der Waals surface area contributed by atoms with Crippen LogP contribution in [0.5, 0.6) is 0 Å². The number of ether oxygens (including phenoxy) is 1. The van der Waals surface area contributed by atoms with Crippen LogP contribution in [0, 0.1) is 13.8 Å². The molecule has 4 nitrogen and oxygen atoms in total. The predicted octanol–water partition coefficient (Wildman–Crippen LogP) is 1.38. The fraction of sp³-hybridized carbons (Fsp3) is 0.500. The Labute approximate surface area is 108 Å². The van der Waals surface area contributed by atoms with E-state index in [2.05, 4.69) is 0 Å². The average molecular weight is 251 g/mol. The van der Waals surface area contributed by atoms with Crippen molar-refractivity contribution in [2.24, 2.45) is 0 Å². The molecule has 0 saturated carbocycles. The maximum Gasteiger partial charge on any atom is 0.253 e. The van der Waals surface area contributed by atoms with Gasteiger partial charge in [-0.3, -0.25) is 4.79 Å². The van der Waals surface area contributed by atoms with Gasteiger partial charge in [0.25, 0.3) is 5.91 Å². The number of aliphatic hydroxyl groups is 1. The number of hydrogen-bond acceptors (Lipinski definition) is 3. The van der Waals surface area contributed by atoms with Gasteiger partial charge >= 0.3 is 0 Å². The normalized spacial score (nSPS) is 12.3. The molecule has 1 aromatic carbocycles. The molecule has 1 atom stereocenters. The summed E-state index contributed by atoms with van der Waals surface area (Å²) in [5, 5.41) is 9.62. The number of rotatable bonds is 5. The first-order valence-electron chi connectivity index (χ1n) is 5.95. The molecular weight excluding hydrogens is 230 g/mol. The number of carbonyl (C=O) groups excluding carboxylic acids is 1. The van der Waals surface area contributed by atoms with Crippen molar-refractivity contribution in [3.63, 3.8) is 0 Å². The SMILES string of the molecule is COCC(O)CN(C)C(=O)c1cc(C)ccc1C. The number of benzene rings is 1. The first-order valence-corrected chi connectivity index (χ1v) is 5.95. The van der Waals surface area contributed by atoms with Crippen LogP contribution in [0.15, 0.2) is 18.2 Å². The molecule has 1 N–H and O–H groups in total. The highest BCUT2D eigenvalue weighted by atomic mass is 16.5. The molecule has 0 radical (unpaired) electrons. The summed E-state index contributed by atoms with van der Waals surface area (Å²) in [7, 11) is 3.21. The van der Waals surface area contributed by atoms with E-state index in [1.54, 1.807) is 7.05 Å². The summed E-state index contributed by atoms with van der Waals surface area (Å²) in [6.45, 7) is 4.35. The molecule has 0 aliphatic heterocycles. The van der Waals surface area contributed by atoms with Crippen molar-refractivity contribution < 1.29 is 14.6 Å². The Morgan fingerprint density at radius 2 is 2.11 bits per heavy atom. The number of methoxy groups -OCH3 is 1.